The number of carbonyl (C=O) groups excluding carboxylic acids is 2. The fourth-order valence-corrected chi connectivity index (χ4v) is 2.57. The van der Waals surface area contributed by atoms with Crippen molar-refractivity contribution < 1.29 is 9.59 Å². The number of hydrogen-bond acceptors (Lipinski definition) is 3. The molecule has 1 aliphatic heterocycles. The second kappa shape index (κ2) is 5.62. The van der Waals surface area contributed by atoms with Crippen LogP contribution in [0.25, 0.3) is 0 Å². The van der Waals surface area contributed by atoms with Crippen molar-refractivity contribution in [2.75, 3.05) is 5.32 Å². The Morgan fingerprint density at radius 3 is 2.72 bits per heavy atom. The van der Waals surface area contributed by atoms with Crippen molar-refractivity contribution in [2.24, 2.45) is 5.10 Å². The van der Waals surface area contributed by atoms with Gasteiger partial charge in [-0.3, -0.25) is 9.59 Å². The number of nitrogens with one attached hydrogen (secondary N) is 2. The average Bonchev–Trinajstić information content (AvgIpc) is 2.33. The van der Waals surface area contributed by atoms with Crippen LogP contribution in [0.15, 0.2) is 32.2 Å². The van der Waals surface area contributed by atoms with Gasteiger partial charge < -0.3 is 5.32 Å². The van der Waals surface area contributed by atoms with E-state index in [1.165, 1.54) is 0 Å². The van der Waals surface area contributed by atoms with E-state index < -0.39 is 0 Å². The number of nitrogens with zero attached hydrogens (tertiary/aromatic N) is 1. The van der Waals surface area contributed by atoms with Crippen LogP contribution in [0, 0.1) is 0 Å². The van der Waals surface area contributed by atoms with E-state index in [1.54, 1.807) is 6.07 Å². The third kappa shape index (κ3) is 3.17. The first kappa shape index (κ1) is 13.2. The Kier molecular flexibility index (Phi) is 4.13. The van der Waals surface area contributed by atoms with Crippen LogP contribution in [0.5, 0.6) is 0 Å². The predicted molar refractivity (Wildman–Crippen MR) is 75.3 cm³/mol. The molecule has 0 bridgehead atoms. The second-order valence-corrected chi connectivity index (χ2v) is 5.44. The van der Waals surface area contributed by atoms with E-state index >= 15 is 0 Å². The van der Waals surface area contributed by atoms with Crippen LogP contribution >= 0.6 is 31.9 Å². The summed E-state index contributed by atoms with van der Waals surface area (Å²) in [7, 11) is 0. The van der Waals surface area contributed by atoms with E-state index in [0.29, 0.717) is 17.8 Å². The number of carbonyl (C=O) groups is 2. The maximum atomic E-state index is 11.9. The van der Waals surface area contributed by atoms with E-state index in [2.05, 4.69) is 47.7 Å². The Bertz CT molecular complexity index is 543. The van der Waals surface area contributed by atoms with Crippen LogP contribution in [0.3, 0.4) is 0 Å². The number of hydrogen-bond donors (Lipinski definition) is 2. The van der Waals surface area contributed by atoms with Crippen LogP contribution < -0.4 is 10.7 Å². The molecule has 0 radical (unpaired) electrons. The van der Waals surface area contributed by atoms with Gasteiger partial charge in [-0.25, -0.2) is 5.43 Å². The Labute approximate surface area is 120 Å². The molecular weight excluding hydrogens is 366 g/mol. The molecular formula is C11H9Br2N3O2. The van der Waals surface area contributed by atoms with Gasteiger partial charge in [-0.2, -0.15) is 5.10 Å². The molecule has 0 unspecified atom stereocenters. The minimum atomic E-state index is -0.307. The molecule has 0 aromatic heterocycles. The molecule has 5 nitrogen and oxygen atoms in total. The number of anilines is 1. The maximum Gasteiger partial charge on any atom is 0.271 e. The maximum absolute atomic E-state index is 11.9. The summed E-state index contributed by atoms with van der Waals surface area (Å²) >= 11 is 6.69. The zero-order valence-corrected chi connectivity index (χ0v) is 12.3. The van der Waals surface area contributed by atoms with Gasteiger partial charge in [-0.05, 0) is 34.1 Å². The lowest BCUT2D eigenvalue weighted by Crippen LogP contribution is -2.32. The number of benzene rings is 1. The van der Waals surface area contributed by atoms with Crippen molar-refractivity contribution in [3.05, 3.63) is 27.1 Å². The van der Waals surface area contributed by atoms with Gasteiger partial charge in [0.15, 0.2) is 0 Å². The molecule has 1 aromatic rings. The van der Waals surface area contributed by atoms with Gasteiger partial charge in [0, 0.05) is 21.8 Å². The zero-order chi connectivity index (χ0) is 13.1. The molecule has 94 valence electrons. The van der Waals surface area contributed by atoms with E-state index in [9.17, 15) is 9.59 Å². The summed E-state index contributed by atoms with van der Waals surface area (Å²) < 4.78 is 1.68. The van der Waals surface area contributed by atoms with Crippen molar-refractivity contribution in [1.82, 2.24) is 5.43 Å². The van der Waals surface area contributed by atoms with Gasteiger partial charge in [0.25, 0.3) is 5.91 Å². The third-order valence-corrected chi connectivity index (χ3v) is 3.50. The number of rotatable bonds is 2. The lowest BCUT2D eigenvalue weighted by atomic mass is 10.1. The number of hydrazone groups is 1. The summed E-state index contributed by atoms with van der Waals surface area (Å²) in [6.45, 7) is 0. The van der Waals surface area contributed by atoms with Crippen molar-refractivity contribution >= 4 is 55.1 Å². The molecule has 2 rings (SSSR count). The van der Waals surface area contributed by atoms with Gasteiger partial charge in [-0.1, -0.05) is 15.9 Å². The molecule has 7 heteroatoms. The lowest BCUT2D eigenvalue weighted by Gasteiger charge is -2.12. The van der Waals surface area contributed by atoms with Gasteiger partial charge in [0.2, 0.25) is 5.91 Å². The molecule has 0 saturated heterocycles. The van der Waals surface area contributed by atoms with Crippen LogP contribution in [-0.4, -0.2) is 17.5 Å². The molecule has 1 heterocycles. The summed E-state index contributed by atoms with van der Waals surface area (Å²) in [5.41, 5.74) is 3.27. The highest BCUT2D eigenvalue weighted by molar-refractivity contribution is 9.11. The smallest absolute Gasteiger partial charge is 0.271 e. The third-order valence-electron chi connectivity index (χ3n) is 2.35. The van der Waals surface area contributed by atoms with Gasteiger partial charge in [-0.15, -0.1) is 0 Å². The standard InChI is InChI=1S/C11H9Br2N3O2/c12-6-1-2-8(7(13)5-6)14-11(18)9-3-4-10(17)16-15-9/h1-2,5H,3-4H2,(H,14,18)(H,16,17). The van der Waals surface area contributed by atoms with E-state index in [-0.39, 0.29) is 18.2 Å². The van der Waals surface area contributed by atoms with Crippen LogP contribution in [0.2, 0.25) is 0 Å². The number of amides is 2. The minimum Gasteiger partial charge on any atom is -0.320 e. The van der Waals surface area contributed by atoms with Gasteiger partial charge in [0.1, 0.15) is 5.71 Å². The van der Waals surface area contributed by atoms with Crippen LogP contribution in [-0.2, 0) is 9.59 Å². The summed E-state index contributed by atoms with van der Waals surface area (Å²) in [6, 6.07) is 5.43. The predicted octanol–water partition coefficient (Wildman–Crippen LogP) is 2.42. The fraction of sp³-hybridized carbons (Fsp3) is 0.182. The van der Waals surface area contributed by atoms with Crippen molar-refractivity contribution in [3.8, 4) is 0 Å². The summed E-state index contributed by atoms with van der Waals surface area (Å²) in [5, 5.41) is 6.47. The summed E-state index contributed by atoms with van der Waals surface area (Å²) in [6.07, 6.45) is 0.638. The Hall–Kier alpha value is -1.21. The average molecular weight is 375 g/mol. The van der Waals surface area contributed by atoms with E-state index in [0.717, 1.165) is 8.95 Å². The topological polar surface area (TPSA) is 70.6 Å². The molecule has 0 fully saturated rings. The molecule has 18 heavy (non-hydrogen) atoms. The molecule has 0 saturated carbocycles. The second-order valence-electron chi connectivity index (χ2n) is 3.67. The molecule has 0 spiro atoms. The quantitative estimate of drug-likeness (QED) is 0.834. The molecule has 1 aliphatic rings. The first-order chi connectivity index (χ1) is 8.56. The van der Waals surface area contributed by atoms with E-state index in [1.807, 2.05) is 12.1 Å². The van der Waals surface area contributed by atoms with Crippen molar-refractivity contribution in [3.63, 3.8) is 0 Å². The summed E-state index contributed by atoms with van der Waals surface area (Å²) in [4.78, 5) is 22.8. The number of halogens is 2. The Morgan fingerprint density at radius 1 is 1.33 bits per heavy atom. The molecule has 1 aromatic carbocycles. The van der Waals surface area contributed by atoms with Crippen molar-refractivity contribution in [2.45, 2.75) is 12.8 Å². The van der Waals surface area contributed by atoms with Gasteiger partial charge >= 0.3 is 0 Å². The first-order valence-electron chi connectivity index (χ1n) is 5.18. The molecule has 2 amide bonds. The van der Waals surface area contributed by atoms with Gasteiger partial charge in [0.05, 0.1) is 5.69 Å². The molecule has 0 aliphatic carbocycles. The van der Waals surface area contributed by atoms with E-state index in [4.69, 9.17) is 0 Å². The molecule has 2 N–H and O–H groups in total. The normalized spacial score (nSPS) is 14.8. The van der Waals surface area contributed by atoms with Crippen LogP contribution in [0.4, 0.5) is 5.69 Å². The highest BCUT2D eigenvalue weighted by Crippen LogP contribution is 2.26. The highest BCUT2D eigenvalue weighted by Gasteiger charge is 2.18. The largest absolute Gasteiger partial charge is 0.320 e. The zero-order valence-electron chi connectivity index (χ0n) is 9.17. The summed E-state index contributed by atoms with van der Waals surface area (Å²) in [5.74, 6) is -0.477. The van der Waals surface area contributed by atoms with Crippen LogP contribution in [0.1, 0.15) is 12.8 Å². The highest BCUT2D eigenvalue weighted by atomic mass is 79.9. The fourth-order valence-electron chi connectivity index (χ4n) is 1.42. The minimum absolute atomic E-state index is 0.170. The lowest BCUT2D eigenvalue weighted by molar-refractivity contribution is -0.121. The molecule has 0 atom stereocenters. The van der Waals surface area contributed by atoms with Crippen molar-refractivity contribution in [1.29, 1.82) is 0 Å². The SMILES string of the molecule is O=C1CCC(C(=O)Nc2ccc(Br)cc2Br)=NN1. The Balaban J connectivity index is 2.09. The first-order valence-corrected chi connectivity index (χ1v) is 6.76. The Morgan fingerprint density at radius 2 is 2.11 bits per heavy atom. The monoisotopic (exact) mass is 373 g/mol.